The number of primary sulfonamides is 1. The van der Waals surface area contributed by atoms with Gasteiger partial charge >= 0.3 is 0 Å². The second-order valence-corrected chi connectivity index (χ2v) is 5.57. The molecular formula is C12H13FN2O3S. The topological polar surface area (TPSA) is 85.3 Å². The van der Waals surface area contributed by atoms with Gasteiger partial charge in [0.2, 0.25) is 5.09 Å². The van der Waals surface area contributed by atoms with Crippen molar-refractivity contribution in [3.63, 3.8) is 0 Å². The second kappa shape index (κ2) is 5.02. The van der Waals surface area contributed by atoms with E-state index in [2.05, 4.69) is 5.32 Å². The Hall–Kier alpha value is -1.86. The van der Waals surface area contributed by atoms with Gasteiger partial charge in [0.05, 0.1) is 6.54 Å². The van der Waals surface area contributed by atoms with Crippen LogP contribution in [-0.2, 0) is 16.6 Å². The lowest BCUT2D eigenvalue weighted by atomic mass is 10.2. The molecule has 0 aliphatic rings. The number of nitrogens with one attached hydrogen (secondary N) is 1. The van der Waals surface area contributed by atoms with Gasteiger partial charge in [0.1, 0.15) is 11.6 Å². The van der Waals surface area contributed by atoms with Crippen LogP contribution in [-0.4, -0.2) is 8.42 Å². The zero-order valence-corrected chi connectivity index (χ0v) is 11.0. The van der Waals surface area contributed by atoms with Gasteiger partial charge in [-0.05, 0) is 42.8 Å². The Kier molecular flexibility index (Phi) is 3.59. The molecule has 7 heteroatoms. The average Bonchev–Trinajstić information content (AvgIpc) is 2.76. The number of anilines is 1. The van der Waals surface area contributed by atoms with Gasteiger partial charge < -0.3 is 9.73 Å². The quantitative estimate of drug-likeness (QED) is 0.899. The zero-order chi connectivity index (χ0) is 14.0. The summed E-state index contributed by atoms with van der Waals surface area (Å²) in [5.41, 5.74) is 1.49. The van der Waals surface area contributed by atoms with Crippen molar-refractivity contribution in [3.05, 3.63) is 47.5 Å². The summed E-state index contributed by atoms with van der Waals surface area (Å²) in [6.45, 7) is 2.05. The van der Waals surface area contributed by atoms with Crippen molar-refractivity contribution in [1.29, 1.82) is 0 Å². The third-order valence-corrected chi connectivity index (χ3v) is 3.34. The highest BCUT2D eigenvalue weighted by Crippen LogP contribution is 2.18. The average molecular weight is 284 g/mol. The molecule has 3 N–H and O–H groups in total. The molecule has 1 aromatic carbocycles. The van der Waals surface area contributed by atoms with E-state index in [1.165, 1.54) is 24.3 Å². The molecule has 0 amide bonds. The number of nitrogens with two attached hydrogens (primary N) is 1. The van der Waals surface area contributed by atoms with Gasteiger partial charge in [0, 0.05) is 5.69 Å². The van der Waals surface area contributed by atoms with E-state index in [1.54, 1.807) is 13.0 Å². The molecule has 0 unspecified atom stereocenters. The number of furan rings is 1. The maximum absolute atomic E-state index is 12.9. The first-order valence-electron chi connectivity index (χ1n) is 5.48. The van der Waals surface area contributed by atoms with Gasteiger partial charge in [0.25, 0.3) is 10.0 Å². The molecule has 0 fully saturated rings. The number of aryl methyl sites for hydroxylation is 1. The zero-order valence-electron chi connectivity index (χ0n) is 10.2. The van der Waals surface area contributed by atoms with Crippen molar-refractivity contribution in [2.45, 2.75) is 18.6 Å². The van der Waals surface area contributed by atoms with Gasteiger partial charge in [-0.2, -0.15) is 0 Å². The number of benzene rings is 1. The van der Waals surface area contributed by atoms with Gasteiger partial charge in [-0.1, -0.05) is 0 Å². The molecule has 19 heavy (non-hydrogen) atoms. The van der Waals surface area contributed by atoms with Gasteiger partial charge in [-0.3, -0.25) is 0 Å². The van der Waals surface area contributed by atoms with Crippen LogP contribution in [0.2, 0.25) is 0 Å². The third-order valence-electron chi connectivity index (χ3n) is 2.56. The highest BCUT2D eigenvalue weighted by molar-refractivity contribution is 7.89. The van der Waals surface area contributed by atoms with Gasteiger partial charge in [-0.15, -0.1) is 0 Å². The van der Waals surface area contributed by atoms with Gasteiger partial charge in [0.15, 0.2) is 0 Å². The normalized spacial score (nSPS) is 11.5. The molecule has 0 spiro atoms. The van der Waals surface area contributed by atoms with Crippen LogP contribution in [0.4, 0.5) is 10.1 Å². The minimum absolute atomic E-state index is 0.278. The maximum Gasteiger partial charge on any atom is 0.271 e. The van der Waals surface area contributed by atoms with Crippen LogP contribution < -0.4 is 10.5 Å². The monoisotopic (exact) mass is 284 g/mol. The van der Waals surface area contributed by atoms with E-state index in [0.717, 1.165) is 11.3 Å². The molecule has 2 rings (SSSR count). The summed E-state index contributed by atoms with van der Waals surface area (Å²) in [4.78, 5) is 0. The summed E-state index contributed by atoms with van der Waals surface area (Å²) >= 11 is 0. The molecule has 0 aliphatic heterocycles. The highest BCUT2D eigenvalue weighted by atomic mass is 32.2. The lowest BCUT2D eigenvalue weighted by Gasteiger charge is -2.07. The van der Waals surface area contributed by atoms with Gasteiger partial charge in [-0.25, -0.2) is 17.9 Å². The van der Waals surface area contributed by atoms with E-state index in [-0.39, 0.29) is 17.5 Å². The third kappa shape index (κ3) is 3.33. The van der Waals surface area contributed by atoms with E-state index in [1.807, 2.05) is 0 Å². The molecule has 102 valence electrons. The first kappa shape index (κ1) is 13.6. The Morgan fingerprint density at radius 1 is 1.32 bits per heavy atom. The molecule has 1 heterocycles. The largest absolute Gasteiger partial charge is 0.446 e. The molecule has 0 aliphatic carbocycles. The summed E-state index contributed by atoms with van der Waals surface area (Å²) in [6, 6.07) is 7.16. The Morgan fingerprint density at radius 3 is 2.63 bits per heavy atom. The Morgan fingerprint density at radius 2 is 2.05 bits per heavy atom. The van der Waals surface area contributed by atoms with Crippen molar-refractivity contribution >= 4 is 15.7 Å². The number of sulfonamides is 1. The van der Waals surface area contributed by atoms with E-state index in [0.29, 0.717) is 5.76 Å². The van der Waals surface area contributed by atoms with Crippen LogP contribution in [0.25, 0.3) is 0 Å². The lowest BCUT2D eigenvalue weighted by Crippen LogP contribution is -2.10. The van der Waals surface area contributed by atoms with E-state index < -0.39 is 10.0 Å². The SMILES string of the molecule is Cc1cc(F)ccc1NCc1ccc(S(N)(=O)=O)o1. The van der Waals surface area contributed by atoms with Crippen molar-refractivity contribution in [2.24, 2.45) is 5.14 Å². The maximum atomic E-state index is 12.9. The van der Waals surface area contributed by atoms with Crippen molar-refractivity contribution in [1.82, 2.24) is 0 Å². The molecule has 0 saturated heterocycles. The number of halogens is 1. The van der Waals surface area contributed by atoms with Crippen LogP contribution in [0.5, 0.6) is 0 Å². The van der Waals surface area contributed by atoms with Crippen LogP contribution in [0, 0.1) is 12.7 Å². The Balaban J connectivity index is 2.09. The first-order chi connectivity index (χ1) is 8.86. The van der Waals surface area contributed by atoms with Crippen LogP contribution in [0.15, 0.2) is 39.8 Å². The molecule has 0 saturated carbocycles. The van der Waals surface area contributed by atoms with Crippen LogP contribution >= 0.6 is 0 Å². The predicted molar refractivity (Wildman–Crippen MR) is 68.5 cm³/mol. The summed E-state index contributed by atoms with van der Waals surface area (Å²) in [5, 5.41) is 7.68. The van der Waals surface area contributed by atoms with E-state index >= 15 is 0 Å². The molecule has 1 aromatic heterocycles. The second-order valence-electron chi connectivity index (χ2n) is 4.08. The minimum atomic E-state index is -3.82. The molecule has 5 nitrogen and oxygen atoms in total. The summed E-state index contributed by atoms with van der Waals surface area (Å²) < 4.78 is 40.1. The van der Waals surface area contributed by atoms with E-state index in [9.17, 15) is 12.8 Å². The Bertz CT molecular complexity index is 695. The van der Waals surface area contributed by atoms with Crippen LogP contribution in [0.1, 0.15) is 11.3 Å². The fourth-order valence-electron chi connectivity index (χ4n) is 1.61. The molecule has 0 bridgehead atoms. The summed E-state index contributed by atoms with van der Waals surface area (Å²) in [5.74, 6) is 0.116. The first-order valence-corrected chi connectivity index (χ1v) is 7.02. The summed E-state index contributed by atoms with van der Waals surface area (Å²) in [7, 11) is -3.82. The molecule has 2 aromatic rings. The fraction of sp³-hybridized carbons (Fsp3) is 0.167. The van der Waals surface area contributed by atoms with E-state index in [4.69, 9.17) is 9.56 Å². The van der Waals surface area contributed by atoms with Crippen molar-refractivity contribution in [2.75, 3.05) is 5.32 Å². The molecular weight excluding hydrogens is 271 g/mol. The smallest absolute Gasteiger partial charge is 0.271 e. The standard InChI is InChI=1S/C12H13FN2O3S/c1-8-6-9(13)2-4-11(8)15-7-10-3-5-12(18-10)19(14,16)17/h2-6,15H,7H2,1H3,(H2,14,16,17). The minimum Gasteiger partial charge on any atom is -0.446 e. The van der Waals surface area contributed by atoms with Crippen molar-refractivity contribution in [3.8, 4) is 0 Å². The number of hydrogen-bond donors (Lipinski definition) is 2. The van der Waals surface area contributed by atoms with Crippen molar-refractivity contribution < 1.29 is 17.2 Å². The lowest BCUT2D eigenvalue weighted by molar-refractivity contribution is 0.419. The van der Waals surface area contributed by atoms with Crippen LogP contribution in [0.3, 0.4) is 0 Å². The predicted octanol–water partition coefficient (Wildman–Crippen LogP) is 1.99. The Labute approximate surface area is 110 Å². The molecule has 0 atom stereocenters. The summed E-state index contributed by atoms with van der Waals surface area (Å²) in [6.07, 6.45) is 0. The highest BCUT2D eigenvalue weighted by Gasteiger charge is 2.13. The fourth-order valence-corrected chi connectivity index (χ4v) is 2.09. The number of rotatable bonds is 4. The number of hydrogen-bond acceptors (Lipinski definition) is 4. The molecule has 0 radical (unpaired) electrons.